The zero-order chi connectivity index (χ0) is 15.7. The zero-order valence-electron chi connectivity index (χ0n) is 12.4. The third-order valence-corrected chi connectivity index (χ3v) is 4.08. The van der Waals surface area contributed by atoms with E-state index in [0.717, 1.165) is 48.1 Å². The van der Waals surface area contributed by atoms with E-state index in [2.05, 4.69) is 11.1 Å². The molecule has 0 bridgehead atoms. The van der Waals surface area contributed by atoms with Crippen molar-refractivity contribution in [3.8, 4) is 28.7 Å². The normalized spacial score (nSPS) is 13.3. The van der Waals surface area contributed by atoms with Crippen molar-refractivity contribution in [2.45, 2.75) is 25.7 Å². The summed E-state index contributed by atoms with van der Waals surface area (Å²) in [5, 5.41) is 19.3. The number of ether oxygens (including phenoxy) is 1. The van der Waals surface area contributed by atoms with Gasteiger partial charge in [0.25, 0.3) is 0 Å². The summed E-state index contributed by atoms with van der Waals surface area (Å²) >= 11 is 0. The summed E-state index contributed by atoms with van der Waals surface area (Å²) in [5.41, 5.74) is 10.1. The molecular weight excluding hydrogens is 278 g/mol. The van der Waals surface area contributed by atoms with Crippen molar-refractivity contribution >= 4 is 5.82 Å². The Balaban J connectivity index is 2.29. The van der Waals surface area contributed by atoms with E-state index < -0.39 is 0 Å². The standard InChI is InChI=1S/C17H17N3O2/c1-22-15-8-10(6-7-14(15)21)16-11-4-2-3-5-13(11)20-17(19)12(16)9-18/h6-8,21H,2-5H2,1H3,(H2,19,20). The molecule has 3 N–H and O–H groups in total. The van der Waals surface area contributed by atoms with Crippen LogP contribution in [-0.2, 0) is 12.8 Å². The summed E-state index contributed by atoms with van der Waals surface area (Å²) in [6.45, 7) is 0. The lowest BCUT2D eigenvalue weighted by Gasteiger charge is -2.21. The van der Waals surface area contributed by atoms with Crippen molar-refractivity contribution in [3.05, 3.63) is 35.0 Å². The molecule has 112 valence electrons. The van der Waals surface area contributed by atoms with Crippen LogP contribution >= 0.6 is 0 Å². The molecular formula is C17H17N3O2. The Morgan fingerprint density at radius 1 is 1.32 bits per heavy atom. The second-order valence-electron chi connectivity index (χ2n) is 5.38. The van der Waals surface area contributed by atoms with Gasteiger partial charge in [0.1, 0.15) is 17.5 Å². The van der Waals surface area contributed by atoms with E-state index in [4.69, 9.17) is 10.5 Å². The van der Waals surface area contributed by atoms with Crippen molar-refractivity contribution in [3.63, 3.8) is 0 Å². The van der Waals surface area contributed by atoms with Crippen molar-refractivity contribution in [1.29, 1.82) is 5.26 Å². The van der Waals surface area contributed by atoms with Crippen LogP contribution in [-0.4, -0.2) is 17.2 Å². The quantitative estimate of drug-likeness (QED) is 0.888. The number of aromatic nitrogens is 1. The molecule has 0 fully saturated rings. The lowest BCUT2D eigenvalue weighted by atomic mass is 9.86. The number of pyridine rings is 1. The Hall–Kier alpha value is -2.74. The number of phenols is 1. The number of hydrogen-bond donors (Lipinski definition) is 2. The number of methoxy groups -OCH3 is 1. The molecule has 0 amide bonds. The molecule has 0 atom stereocenters. The molecule has 3 rings (SSSR count). The van der Waals surface area contributed by atoms with Gasteiger partial charge in [0.15, 0.2) is 11.5 Å². The molecule has 1 aromatic carbocycles. The van der Waals surface area contributed by atoms with Gasteiger partial charge in [0.05, 0.1) is 7.11 Å². The minimum atomic E-state index is 0.0700. The van der Waals surface area contributed by atoms with E-state index >= 15 is 0 Å². The predicted molar refractivity (Wildman–Crippen MR) is 83.7 cm³/mol. The van der Waals surface area contributed by atoms with Gasteiger partial charge < -0.3 is 15.6 Å². The molecule has 0 saturated heterocycles. The number of fused-ring (bicyclic) bond motifs is 1. The largest absolute Gasteiger partial charge is 0.504 e. The number of nitrogens with two attached hydrogens (primary N) is 1. The topological polar surface area (TPSA) is 92.2 Å². The molecule has 0 radical (unpaired) electrons. The monoisotopic (exact) mass is 295 g/mol. The average Bonchev–Trinajstić information content (AvgIpc) is 2.54. The first-order chi connectivity index (χ1) is 10.7. The average molecular weight is 295 g/mol. The minimum Gasteiger partial charge on any atom is -0.504 e. The minimum absolute atomic E-state index is 0.0700. The number of phenolic OH excluding ortho intramolecular Hbond substituents is 1. The van der Waals surface area contributed by atoms with Crippen LogP contribution in [0.3, 0.4) is 0 Å². The van der Waals surface area contributed by atoms with Gasteiger partial charge in [-0.1, -0.05) is 6.07 Å². The summed E-state index contributed by atoms with van der Waals surface area (Å²) in [6, 6.07) is 7.26. The van der Waals surface area contributed by atoms with Crippen molar-refractivity contribution in [1.82, 2.24) is 4.98 Å². The summed E-state index contributed by atoms with van der Waals surface area (Å²) in [7, 11) is 1.50. The Bertz CT molecular complexity index is 778. The number of nitriles is 1. The third kappa shape index (κ3) is 2.23. The smallest absolute Gasteiger partial charge is 0.161 e. The van der Waals surface area contributed by atoms with E-state index in [9.17, 15) is 10.4 Å². The molecule has 2 aromatic rings. The summed E-state index contributed by atoms with van der Waals surface area (Å²) in [4.78, 5) is 4.41. The first-order valence-corrected chi connectivity index (χ1v) is 7.24. The highest BCUT2D eigenvalue weighted by Crippen LogP contribution is 2.39. The molecule has 22 heavy (non-hydrogen) atoms. The first-order valence-electron chi connectivity index (χ1n) is 7.24. The maximum atomic E-state index is 9.77. The van der Waals surface area contributed by atoms with Crippen LogP contribution < -0.4 is 10.5 Å². The van der Waals surface area contributed by atoms with Crippen LogP contribution in [0.1, 0.15) is 29.7 Å². The van der Waals surface area contributed by atoms with Crippen LogP contribution in [0.4, 0.5) is 5.82 Å². The highest BCUT2D eigenvalue weighted by molar-refractivity contribution is 5.80. The molecule has 0 saturated carbocycles. The molecule has 0 unspecified atom stereocenters. The number of nitrogens with zero attached hydrogens (tertiary/aromatic N) is 2. The number of aromatic hydroxyl groups is 1. The van der Waals surface area contributed by atoms with Crippen LogP contribution in [0.5, 0.6) is 11.5 Å². The van der Waals surface area contributed by atoms with Gasteiger partial charge in [0, 0.05) is 11.3 Å². The number of aryl methyl sites for hydroxylation is 1. The van der Waals surface area contributed by atoms with E-state index in [1.807, 2.05) is 0 Å². The predicted octanol–water partition coefficient (Wildman–Crippen LogP) is 2.80. The SMILES string of the molecule is COc1cc(-c2c(C#N)c(N)nc3c2CCCC3)ccc1O. The van der Waals surface area contributed by atoms with Gasteiger partial charge in [-0.2, -0.15) is 5.26 Å². The molecule has 0 aliphatic heterocycles. The van der Waals surface area contributed by atoms with Crippen LogP contribution in [0.2, 0.25) is 0 Å². The van der Waals surface area contributed by atoms with Gasteiger partial charge >= 0.3 is 0 Å². The van der Waals surface area contributed by atoms with Crippen LogP contribution in [0.25, 0.3) is 11.1 Å². The fourth-order valence-corrected chi connectivity index (χ4v) is 3.03. The van der Waals surface area contributed by atoms with Crippen LogP contribution in [0.15, 0.2) is 18.2 Å². The first kappa shape index (κ1) is 14.2. The summed E-state index contributed by atoms with van der Waals surface area (Å²) < 4.78 is 5.18. The van der Waals surface area contributed by atoms with E-state index in [0.29, 0.717) is 11.3 Å². The maximum absolute atomic E-state index is 9.77. The third-order valence-electron chi connectivity index (χ3n) is 4.08. The van der Waals surface area contributed by atoms with Gasteiger partial charge in [-0.25, -0.2) is 4.98 Å². The molecule has 1 aliphatic carbocycles. The summed E-state index contributed by atoms with van der Waals surface area (Å²) in [5.74, 6) is 0.715. The Morgan fingerprint density at radius 3 is 2.82 bits per heavy atom. The Labute approximate surface area is 129 Å². The lowest BCUT2D eigenvalue weighted by molar-refractivity contribution is 0.373. The molecule has 5 heteroatoms. The lowest BCUT2D eigenvalue weighted by Crippen LogP contribution is -2.11. The number of anilines is 1. The van der Waals surface area contributed by atoms with Gasteiger partial charge in [-0.15, -0.1) is 0 Å². The van der Waals surface area contributed by atoms with Gasteiger partial charge in [-0.3, -0.25) is 0 Å². The molecule has 1 heterocycles. The number of rotatable bonds is 2. The van der Waals surface area contributed by atoms with Gasteiger partial charge in [-0.05, 0) is 48.9 Å². The number of nitrogen functional groups attached to an aromatic ring is 1. The maximum Gasteiger partial charge on any atom is 0.161 e. The van der Waals surface area contributed by atoms with Crippen LogP contribution in [0, 0.1) is 11.3 Å². The number of hydrogen-bond acceptors (Lipinski definition) is 5. The Morgan fingerprint density at radius 2 is 2.09 bits per heavy atom. The molecule has 0 spiro atoms. The fourth-order valence-electron chi connectivity index (χ4n) is 3.03. The molecule has 5 nitrogen and oxygen atoms in total. The number of benzene rings is 1. The highest BCUT2D eigenvalue weighted by Gasteiger charge is 2.22. The van der Waals surface area contributed by atoms with E-state index in [1.54, 1.807) is 18.2 Å². The zero-order valence-corrected chi connectivity index (χ0v) is 12.4. The molecule has 1 aromatic heterocycles. The van der Waals surface area contributed by atoms with Crippen molar-refractivity contribution in [2.75, 3.05) is 12.8 Å². The Kier molecular flexibility index (Phi) is 3.60. The fraction of sp³-hybridized carbons (Fsp3) is 0.294. The van der Waals surface area contributed by atoms with Crippen molar-refractivity contribution < 1.29 is 9.84 Å². The summed E-state index contributed by atoms with van der Waals surface area (Å²) in [6.07, 6.45) is 3.93. The van der Waals surface area contributed by atoms with E-state index in [1.165, 1.54) is 7.11 Å². The van der Waals surface area contributed by atoms with Gasteiger partial charge in [0.2, 0.25) is 0 Å². The molecule has 1 aliphatic rings. The highest BCUT2D eigenvalue weighted by atomic mass is 16.5. The van der Waals surface area contributed by atoms with Crippen molar-refractivity contribution in [2.24, 2.45) is 0 Å². The second-order valence-corrected chi connectivity index (χ2v) is 5.38. The van der Waals surface area contributed by atoms with E-state index in [-0.39, 0.29) is 11.6 Å². The second kappa shape index (κ2) is 5.57.